The quantitative estimate of drug-likeness (QED) is 0.740. The van der Waals surface area contributed by atoms with Crippen LogP contribution >= 0.6 is 0 Å². The van der Waals surface area contributed by atoms with Crippen LogP contribution in [0.5, 0.6) is 11.5 Å². The first-order chi connectivity index (χ1) is 14.5. The van der Waals surface area contributed by atoms with E-state index >= 15 is 0 Å². The average Bonchev–Trinajstić information content (AvgIpc) is 2.75. The van der Waals surface area contributed by atoms with Gasteiger partial charge < -0.3 is 24.6 Å². The van der Waals surface area contributed by atoms with Crippen molar-refractivity contribution in [1.82, 2.24) is 4.90 Å². The van der Waals surface area contributed by atoms with E-state index in [1.807, 2.05) is 19.9 Å². The van der Waals surface area contributed by atoms with Crippen LogP contribution in [0.15, 0.2) is 42.5 Å². The van der Waals surface area contributed by atoms with Gasteiger partial charge in [-0.05, 0) is 50.6 Å². The highest BCUT2D eigenvalue weighted by Crippen LogP contribution is 2.30. The SMILES string of the molecule is CCOc1ccc(NC(=O)C(=O)N2CCN(c3cccc(C)c3)CC2)cc1OCC. The van der Waals surface area contributed by atoms with Crippen LogP contribution in [-0.2, 0) is 9.59 Å². The van der Waals surface area contributed by atoms with E-state index in [-0.39, 0.29) is 0 Å². The van der Waals surface area contributed by atoms with Crippen molar-refractivity contribution in [1.29, 1.82) is 0 Å². The lowest BCUT2D eigenvalue weighted by molar-refractivity contribution is -0.143. The molecule has 0 aliphatic carbocycles. The number of amides is 2. The average molecular weight is 412 g/mol. The van der Waals surface area contributed by atoms with Crippen molar-refractivity contribution in [3.8, 4) is 11.5 Å². The van der Waals surface area contributed by atoms with Crippen LogP contribution in [0.1, 0.15) is 19.4 Å². The molecule has 2 amide bonds. The lowest BCUT2D eigenvalue weighted by Crippen LogP contribution is -2.51. The topological polar surface area (TPSA) is 71.1 Å². The number of nitrogens with zero attached hydrogens (tertiary/aromatic N) is 2. The minimum atomic E-state index is -0.648. The molecule has 1 saturated heterocycles. The Balaban J connectivity index is 1.58. The number of ether oxygens (including phenoxy) is 2. The molecule has 0 saturated carbocycles. The number of piperazine rings is 1. The number of hydrogen-bond donors (Lipinski definition) is 1. The highest BCUT2D eigenvalue weighted by molar-refractivity contribution is 6.39. The molecule has 0 radical (unpaired) electrons. The lowest BCUT2D eigenvalue weighted by Gasteiger charge is -2.35. The van der Waals surface area contributed by atoms with Gasteiger partial charge in [-0.15, -0.1) is 0 Å². The van der Waals surface area contributed by atoms with Crippen LogP contribution in [-0.4, -0.2) is 56.1 Å². The minimum Gasteiger partial charge on any atom is -0.490 e. The van der Waals surface area contributed by atoms with E-state index in [1.165, 1.54) is 5.56 Å². The summed E-state index contributed by atoms with van der Waals surface area (Å²) in [6.07, 6.45) is 0. The van der Waals surface area contributed by atoms with Gasteiger partial charge >= 0.3 is 11.8 Å². The molecule has 1 aliphatic rings. The zero-order valence-corrected chi connectivity index (χ0v) is 17.8. The standard InChI is InChI=1S/C23H29N3O4/c1-4-29-20-10-9-18(16-21(20)30-5-2)24-22(27)23(28)26-13-11-25(12-14-26)19-8-6-7-17(3)15-19/h6-10,15-16H,4-5,11-14H2,1-3H3,(H,24,27). The van der Waals surface area contributed by atoms with E-state index in [0.717, 1.165) is 5.69 Å². The molecule has 1 fully saturated rings. The van der Waals surface area contributed by atoms with Crippen molar-refractivity contribution in [2.75, 3.05) is 49.6 Å². The molecule has 3 rings (SSSR count). The Morgan fingerprint density at radius 1 is 0.933 bits per heavy atom. The molecule has 0 spiro atoms. The van der Waals surface area contributed by atoms with Gasteiger partial charge in [0.25, 0.3) is 0 Å². The highest BCUT2D eigenvalue weighted by Gasteiger charge is 2.26. The Kier molecular flexibility index (Phi) is 7.17. The Labute approximate surface area is 177 Å². The number of aryl methyl sites for hydroxylation is 1. The van der Waals surface area contributed by atoms with Crippen molar-refractivity contribution in [3.63, 3.8) is 0 Å². The van der Waals surface area contributed by atoms with E-state index in [2.05, 4.69) is 35.3 Å². The normalized spacial score (nSPS) is 13.7. The monoisotopic (exact) mass is 411 g/mol. The smallest absolute Gasteiger partial charge is 0.313 e. The summed E-state index contributed by atoms with van der Waals surface area (Å²) >= 11 is 0. The van der Waals surface area contributed by atoms with Crippen LogP contribution in [0.3, 0.4) is 0 Å². The first-order valence-corrected chi connectivity index (χ1v) is 10.3. The van der Waals surface area contributed by atoms with Gasteiger partial charge in [-0.2, -0.15) is 0 Å². The maximum absolute atomic E-state index is 12.6. The number of carbonyl (C=O) groups is 2. The Bertz CT molecular complexity index is 892. The third-order valence-corrected chi connectivity index (χ3v) is 4.93. The summed E-state index contributed by atoms with van der Waals surface area (Å²) < 4.78 is 11.1. The van der Waals surface area contributed by atoms with Gasteiger partial charge in [0.2, 0.25) is 0 Å². The fourth-order valence-corrected chi connectivity index (χ4v) is 3.45. The van der Waals surface area contributed by atoms with Crippen LogP contribution in [0.25, 0.3) is 0 Å². The van der Waals surface area contributed by atoms with Gasteiger partial charge in [-0.1, -0.05) is 12.1 Å². The molecule has 0 atom stereocenters. The molecule has 0 aromatic heterocycles. The number of anilines is 2. The van der Waals surface area contributed by atoms with Gasteiger partial charge in [-0.3, -0.25) is 9.59 Å². The molecule has 2 aromatic rings. The second-order valence-electron chi connectivity index (χ2n) is 7.10. The highest BCUT2D eigenvalue weighted by atomic mass is 16.5. The molecular weight excluding hydrogens is 382 g/mol. The van der Waals surface area contributed by atoms with Crippen molar-refractivity contribution in [3.05, 3.63) is 48.0 Å². The van der Waals surface area contributed by atoms with Crippen LogP contribution in [0, 0.1) is 6.92 Å². The van der Waals surface area contributed by atoms with Gasteiger partial charge in [0.1, 0.15) is 0 Å². The summed E-state index contributed by atoms with van der Waals surface area (Å²) in [5, 5.41) is 2.68. The summed E-state index contributed by atoms with van der Waals surface area (Å²) in [4.78, 5) is 28.9. The van der Waals surface area contributed by atoms with Crippen LogP contribution in [0.2, 0.25) is 0 Å². The van der Waals surface area contributed by atoms with Gasteiger partial charge in [0.15, 0.2) is 11.5 Å². The number of hydrogen-bond acceptors (Lipinski definition) is 5. The number of carbonyl (C=O) groups excluding carboxylic acids is 2. The second-order valence-corrected chi connectivity index (χ2v) is 7.10. The largest absolute Gasteiger partial charge is 0.490 e. The van der Waals surface area contributed by atoms with Gasteiger partial charge in [0, 0.05) is 43.6 Å². The lowest BCUT2D eigenvalue weighted by atomic mass is 10.2. The van der Waals surface area contributed by atoms with Gasteiger partial charge in [-0.25, -0.2) is 0 Å². The molecule has 1 N–H and O–H groups in total. The predicted molar refractivity (Wildman–Crippen MR) is 117 cm³/mol. The molecule has 0 unspecified atom stereocenters. The fraction of sp³-hybridized carbons (Fsp3) is 0.391. The van der Waals surface area contributed by atoms with Crippen molar-refractivity contribution in [2.45, 2.75) is 20.8 Å². The summed E-state index contributed by atoms with van der Waals surface area (Å²) in [5.74, 6) is -0.0244. The second kappa shape index (κ2) is 10.0. The maximum atomic E-state index is 12.6. The van der Waals surface area contributed by atoms with E-state index in [4.69, 9.17) is 9.47 Å². The molecule has 7 nitrogen and oxygen atoms in total. The molecule has 1 aliphatic heterocycles. The van der Waals surface area contributed by atoms with Crippen molar-refractivity contribution < 1.29 is 19.1 Å². The molecule has 0 bridgehead atoms. The number of rotatable bonds is 6. The molecule has 160 valence electrons. The molecular formula is C23H29N3O4. The zero-order chi connectivity index (χ0) is 21.5. The predicted octanol–water partition coefficient (Wildman–Crippen LogP) is 3.08. The zero-order valence-electron chi connectivity index (χ0n) is 17.8. The summed E-state index contributed by atoms with van der Waals surface area (Å²) in [6, 6.07) is 13.4. The van der Waals surface area contributed by atoms with Crippen molar-refractivity contribution >= 4 is 23.2 Å². The van der Waals surface area contributed by atoms with E-state index in [0.29, 0.717) is 56.6 Å². The third-order valence-electron chi connectivity index (χ3n) is 4.93. The first-order valence-electron chi connectivity index (χ1n) is 10.3. The summed E-state index contributed by atoms with van der Waals surface area (Å²) in [7, 11) is 0. The van der Waals surface area contributed by atoms with Gasteiger partial charge in [0.05, 0.1) is 13.2 Å². The summed E-state index contributed by atoms with van der Waals surface area (Å²) in [5.41, 5.74) is 2.84. The van der Waals surface area contributed by atoms with Crippen molar-refractivity contribution in [2.24, 2.45) is 0 Å². The maximum Gasteiger partial charge on any atom is 0.313 e. The molecule has 30 heavy (non-hydrogen) atoms. The van der Waals surface area contributed by atoms with E-state index in [1.54, 1.807) is 23.1 Å². The fourth-order valence-electron chi connectivity index (χ4n) is 3.45. The number of nitrogens with one attached hydrogen (secondary N) is 1. The van der Waals surface area contributed by atoms with Crippen LogP contribution < -0.4 is 19.7 Å². The Morgan fingerprint density at radius 2 is 1.63 bits per heavy atom. The molecule has 7 heteroatoms. The first kappa shape index (κ1) is 21.5. The Hall–Kier alpha value is -3.22. The third kappa shape index (κ3) is 5.23. The molecule has 2 aromatic carbocycles. The summed E-state index contributed by atoms with van der Waals surface area (Å²) in [6.45, 7) is 9.22. The van der Waals surface area contributed by atoms with E-state index < -0.39 is 11.8 Å². The Morgan fingerprint density at radius 3 is 2.30 bits per heavy atom. The molecule has 1 heterocycles. The van der Waals surface area contributed by atoms with Crippen LogP contribution in [0.4, 0.5) is 11.4 Å². The minimum absolute atomic E-state index is 0.474. The number of benzene rings is 2. The van der Waals surface area contributed by atoms with E-state index in [9.17, 15) is 9.59 Å².